The quantitative estimate of drug-likeness (QED) is 0.339. The Kier molecular flexibility index (Phi) is 7.35. The van der Waals surface area contributed by atoms with Crippen molar-refractivity contribution in [2.75, 3.05) is 26.9 Å². The van der Waals surface area contributed by atoms with Crippen LogP contribution in [-0.2, 0) is 18.7 Å². The first-order chi connectivity index (χ1) is 19.7. The van der Waals surface area contributed by atoms with Gasteiger partial charge in [0.1, 0.15) is 23.2 Å². The molecule has 0 spiro atoms. The number of methoxy groups -OCH3 is 1. The Labute approximate surface area is 244 Å². The van der Waals surface area contributed by atoms with Crippen LogP contribution in [0, 0.1) is 5.41 Å². The van der Waals surface area contributed by atoms with Gasteiger partial charge in [0.15, 0.2) is 5.78 Å². The molecule has 2 bridgehead atoms. The van der Waals surface area contributed by atoms with Gasteiger partial charge in [-0.1, -0.05) is 81.4 Å². The van der Waals surface area contributed by atoms with Gasteiger partial charge in [-0.25, -0.2) is 0 Å². The van der Waals surface area contributed by atoms with Gasteiger partial charge in [-0.05, 0) is 52.5 Å². The molecule has 3 aromatic carbocycles. The first-order valence-electron chi connectivity index (χ1n) is 14.6. The SMILES string of the molecule is COc1ccc(OCC23CCOC4CC(=O)C(C2)OC43CO[Si](c2ccccc2)(c2ccccc2)C(C)(C)C)cc1. The minimum absolute atomic E-state index is 0.115. The second-order valence-corrected chi connectivity index (χ2v) is 17.0. The summed E-state index contributed by atoms with van der Waals surface area (Å²) < 4.78 is 32.4. The molecule has 216 valence electrons. The molecule has 0 amide bonds. The monoisotopic (exact) mass is 572 g/mol. The van der Waals surface area contributed by atoms with Crippen LogP contribution < -0.4 is 19.8 Å². The number of ketones is 1. The Morgan fingerprint density at radius 3 is 2.07 bits per heavy atom. The van der Waals surface area contributed by atoms with Crippen LogP contribution in [-0.4, -0.2) is 58.8 Å². The molecular formula is C34H40O6Si. The maximum Gasteiger partial charge on any atom is 0.261 e. The normalized spacial score (nSPS) is 27.5. The summed E-state index contributed by atoms with van der Waals surface area (Å²) in [6.45, 7) is 8.16. The molecule has 0 aliphatic carbocycles. The zero-order chi connectivity index (χ0) is 28.7. The van der Waals surface area contributed by atoms with Crippen molar-refractivity contribution in [3.05, 3.63) is 84.9 Å². The Morgan fingerprint density at radius 2 is 1.49 bits per heavy atom. The van der Waals surface area contributed by atoms with E-state index >= 15 is 0 Å². The lowest BCUT2D eigenvalue weighted by Crippen LogP contribution is -2.71. The lowest BCUT2D eigenvalue weighted by Gasteiger charge is -2.54. The predicted octanol–water partition coefficient (Wildman–Crippen LogP) is 4.93. The average Bonchev–Trinajstić information content (AvgIpc) is 3.32. The number of Topliss-reactive ketones (excluding diaryl/α,β-unsaturated/α-hetero) is 1. The second kappa shape index (κ2) is 10.7. The maximum atomic E-state index is 13.1. The number of ether oxygens (including phenoxy) is 4. The third-order valence-corrected chi connectivity index (χ3v) is 14.5. The molecule has 3 aliphatic rings. The van der Waals surface area contributed by atoms with Crippen molar-refractivity contribution < 1.29 is 28.2 Å². The van der Waals surface area contributed by atoms with Gasteiger partial charge in [0.2, 0.25) is 0 Å². The van der Waals surface area contributed by atoms with Gasteiger partial charge in [-0.3, -0.25) is 4.79 Å². The Bertz CT molecular complexity index is 1320. The van der Waals surface area contributed by atoms with Crippen LogP contribution >= 0.6 is 0 Å². The highest BCUT2D eigenvalue weighted by Crippen LogP contribution is 2.58. The minimum Gasteiger partial charge on any atom is -0.497 e. The summed E-state index contributed by atoms with van der Waals surface area (Å²) in [6, 6.07) is 28.9. The zero-order valence-corrected chi connectivity index (χ0v) is 25.4. The van der Waals surface area contributed by atoms with Crippen LogP contribution in [0.4, 0.5) is 0 Å². The lowest BCUT2D eigenvalue weighted by molar-refractivity contribution is -0.243. The van der Waals surface area contributed by atoms with Crippen LogP contribution in [0.15, 0.2) is 84.9 Å². The summed E-state index contributed by atoms with van der Waals surface area (Å²) in [5, 5.41) is 2.25. The molecule has 4 unspecified atom stereocenters. The minimum atomic E-state index is -2.85. The van der Waals surface area contributed by atoms with Gasteiger partial charge in [-0.15, -0.1) is 0 Å². The van der Waals surface area contributed by atoms with Crippen LogP contribution in [0.25, 0.3) is 0 Å². The highest BCUT2D eigenvalue weighted by atomic mass is 28.4. The first kappa shape index (κ1) is 28.2. The van der Waals surface area contributed by atoms with E-state index in [-0.39, 0.29) is 16.9 Å². The Morgan fingerprint density at radius 1 is 0.878 bits per heavy atom. The van der Waals surface area contributed by atoms with E-state index in [1.165, 1.54) is 10.4 Å². The molecule has 3 fully saturated rings. The fourth-order valence-corrected chi connectivity index (χ4v) is 11.9. The van der Waals surface area contributed by atoms with Gasteiger partial charge in [0, 0.05) is 18.4 Å². The van der Waals surface area contributed by atoms with Gasteiger partial charge in [0.25, 0.3) is 8.32 Å². The van der Waals surface area contributed by atoms with Crippen LogP contribution in [0.3, 0.4) is 0 Å². The number of hydrogen-bond donors (Lipinski definition) is 0. The van der Waals surface area contributed by atoms with Crippen molar-refractivity contribution in [1.29, 1.82) is 0 Å². The Hall–Kier alpha value is -2.97. The Balaban J connectivity index is 1.40. The summed E-state index contributed by atoms with van der Waals surface area (Å²) in [4.78, 5) is 13.1. The van der Waals surface area contributed by atoms with E-state index in [4.69, 9.17) is 23.4 Å². The molecule has 6 rings (SSSR count). The van der Waals surface area contributed by atoms with Gasteiger partial charge in [-0.2, -0.15) is 0 Å². The highest BCUT2D eigenvalue weighted by molar-refractivity contribution is 6.99. The standard InChI is InChI=1S/C34H40O6Si/c1-32(2,3)41(27-11-7-5-8-12-27,28-13-9-6-10-14-28)39-24-34-31-21-29(35)30(40-34)22-33(34,19-20-37-31)23-38-26-17-15-25(36-4)16-18-26/h5-18,30-31H,19-24H2,1-4H3. The van der Waals surface area contributed by atoms with E-state index in [0.717, 1.165) is 17.9 Å². The molecule has 3 aliphatic heterocycles. The summed E-state index contributed by atoms with van der Waals surface area (Å²) in [5.74, 6) is 1.66. The van der Waals surface area contributed by atoms with E-state index < -0.39 is 25.4 Å². The molecule has 0 aromatic heterocycles. The van der Waals surface area contributed by atoms with Crippen molar-refractivity contribution in [2.24, 2.45) is 5.41 Å². The average molecular weight is 573 g/mol. The van der Waals surface area contributed by atoms with Crippen molar-refractivity contribution in [3.63, 3.8) is 0 Å². The second-order valence-electron chi connectivity index (χ2n) is 12.7. The molecule has 4 atom stereocenters. The fraction of sp³-hybridized carbons (Fsp3) is 0.441. The molecule has 0 radical (unpaired) electrons. The number of rotatable bonds is 9. The van der Waals surface area contributed by atoms with Gasteiger partial charge >= 0.3 is 0 Å². The molecule has 7 heteroatoms. The first-order valence-corrected chi connectivity index (χ1v) is 16.5. The molecule has 0 N–H and O–H groups in total. The molecular weight excluding hydrogens is 532 g/mol. The molecule has 3 heterocycles. The smallest absolute Gasteiger partial charge is 0.261 e. The van der Waals surface area contributed by atoms with E-state index in [1.807, 2.05) is 24.3 Å². The lowest BCUT2D eigenvalue weighted by atomic mass is 9.66. The number of fused-ring (bicyclic) bond motifs is 1. The van der Waals surface area contributed by atoms with Crippen molar-refractivity contribution in [3.8, 4) is 11.5 Å². The van der Waals surface area contributed by atoms with E-state index in [0.29, 0.717) is 32.7 Å². The number of carbonyl (C=O) groups is 1. The summed E-state index contributed by atoms with van der Waals surface area (Å²) in [7, 11) is -1.20. The summed E-state index contributed by atoms with van der Waals surface area (Å²) in [5.41, 5.74) is -1.21. The topological polar surface area (TPSA) is 63.2 Å². The number of hydrogen-bond acceptors (Lipinski definition) is 6. The molecule has 0 saturated carbocycles. The van der Waals surface area contributed by atoms with Gasteiger partial charge in [0.05, 0.1) is 26.4 Å². The molecule has 3 aromatic rings. The summed E-state index contributed by atoms with van der Waals surface area (Å²) in [6.07, 6.45) is 0.869. The van der Waals surface area contributed by atoms with Crippen LogP contribution in [0.1, 0.15) is 40.0 Å². The molecule has 41 heavy (non-hydrogen) atoms. The van der Waals surface area contributed by atoms with Crippen molar-refractivity contribution >= 4 is 24.5 Å². The largest absolute Gasteiger partial charge is 0.497 e. The van der Waals surface area contributed by atoms with E-state index in [9.17, 15) is 4.79 Å². The fourth-order valence-electron chi connectivity index (χ4n) is 7.33. The molecule has 3 saturated heterocycles. The van der Waals surface area contributed by atoms with E-state index in [1.54, 1.807) is 7.11 Å². The predicted molar refractivity (Wildman–Crippen MR) is 161 cm³/mol. The van der Waals surface area contributed by atoms with E-state index in [2.05, 4.69) is 81.4 Å². The number of benzene rings is 3. The van der Waals surface area contributed by atoms with Crippen molar-refractivity contribution in [2.45, 2.75) is 62.9 Å². The third-order valence-electron chi connectivity index (χ3n) is 9.49. The summed E-state index contributed by atoms with van der Waals surface area (Å²) >= 11 is 0. The van der Waals surface area contributed by atoms with Crippen LogP contribution in [0.2, 0.25) is 5.04 Å². The third kappa shape index (κ3) is 4.63. The molecule has 6 nitrogen and oxygen atoms in total. The number of carbonyl (C=O) groups excluding carboxylic acids is 1. The zero-order valence-electron chi connectivity index (χ0n) is 24.4. The van der Waals surface area contributed by atoms with Gasteiger partial charge < -0.3 is 23.4 Å². The highest BCUT2D eigenvalue weighted by Gasteiger charge is 2.70. The maximum absolute atomic E-state index is 13.1. The van der Waals surface area contributed by atoms with Crippen molar-refractivity contribution in [1.82, 2.24) is 0 Å². The van der Waals surface area contributed by atoms with Crippen LogP contribution in [0.5, 0.6) is 11.5 Å².